The Bertz CT molecular complexity index is 685. The van der Waals surface area contributed by atoms with Gasteiger partial charge < -0.3 is 14.2 Å². The largest absolute Gasteiger partial charge is 0.479 e. The summed E-state index contributed by atoms with van der Waals surface area (Å²) in [6.45, 7) is 2.67. The molecule has 0 N–H and O–H groups in total. The van der Waals surface area contributed by atoms with Crippen LogP contribution >= 0.6 is 0 Å². The maximum absolute atomic E-state index is 12.5. The maximum Gasteiger partial charge on any atom is 0.254 e. The summed E-state index contributed by atoms with van der Waals surface area (Å²) in [6.07, 6.45) is 6.29. The van der Waals surface area contributed by atoms with E-state index < -0.39 is 0 Å². The van der Waals surface area contributed by atoms with E-state index in [1.807, 2.05) is 11.8 Å². The number of aromatic nitrogens is 3. The van der Waals surface area contributed by atoms with Crippen LogP contribution in [0, 0.1) is 6.92 Å². The first kappa shape index (κ1) is 15.5. The van der Waals surface area contributed by atoms with E-state index in [0.29, 0.717) is 24.5 Å². The molecule has 1 amide bonds. The van der Waals surface area contributed by atoms with Crippen molar-refractivity contribution in [1.29, 1.82) is 0 Å². The predicted molar refractivity (Wildman–Crippen MR) is 81.8 cm³/mol. The lowest BCUT2D eigenvalue weighted by Gasteiger charge is -2.24. The van der Waals surface area contributed by atoms with E-state index in [0.717, 1.165) is 30.8 Å². The zero-order valence-electron chi connectivity index (χ0n) is 13.4. The molecule has 1 fully saturated rings. The number of ether oxygens (including phenoxy) is 1. The summed E-state index contributed by atoms with van der Waals surface area (Å²) in [5.74, 6) is 1.19. The Morgan fingerprint density at radius 3 is 3.09 bits per heavy atom. The number of likely N-dealkylation sites (tertiary alicyclic amines) is 1. The van der Waals surface area contributed by atoms with Crippen molar-refractivity contribution in [2.75, 3.05) is 13.7 Å². The maximum atomic E-state index is 12.5. The first-order chi connectivity index (χ1) is 11.2. The molecule has 3 heterocycles. The van der Waals surface area contributed by atoms with Gasteiger partial charge in [0.1, 0.15) is 5.76 Å². The van der Waals surface area contributed by atoms with Gasteiger partial charge in [0.15, 0.2) is 0 Å². The van der Waals surface area contributed by atoms with Crippen LogP contribution in [0.2, 0.25) is 0 Å². The summed E-state index contributed by atoms with van der Waals surface area (Å²) < 4.78 is 10.1. The zero-order chi connectivity index (χ0) is 16.2. The Morgan fingerprint density at radius 1 is 1.48 bits per heavy atom. The summed E-state index contributed by atoms with van der Waals surface area (Å²) in [5, 5.41) is 3.74. The third-order valence-corrected chi connectivity index (χ3v) is 4.02. The highest BCUT2D eigenvalue weighted by Gasteiger charge is 2.31. The van der Waals surface area contributed by atoms with Gasteiger partial charge in [-0.2, -0.15) is 0 Å². The molecule has 1 saturated heterocycles. The zero-order valence-corrected chi connectivity index (χ0v) is 13.4. The van der Waals surface area contributed by atoms with Gasteiger partial charge in [-0.15, -0.1) is 0 Å². The summed E-state index contributed by atoms with van der Waals surface area (Å²) in [5.41, 5.74) is 1.74. The van der Waals surface area contributed by atoms with Crippen LogP contribution in [0.25, 0.3) is 0 Å². The van der Waals surface area contributed by atoms with Gasteiger partial charge >= 0.3 is 0 Å². The second-order valence-corrected chi connectivity index (χ2v) is 5.67. The van der Waals surface area contributed by atoms with Crippen molar-refractivity contribution in [3.63, 3.8) is 0 Å². The molecule has 7 nitrogen and oxygen atoms in total. The van der Waals surface area contributed by atoms with Crippen molar-refractivity contribution in [2.24, 2.45) is 0 Å². The van der Waals surface area contributed by atoms with Crippen molar-refractivity contribution >= 4 is 5.91 Å². The first-order valence-electron chi connectivity index (χ1n) is 7.75. The number of nitrogens with zero attached hydrogens (tertiary/aromatic N) is 4. The van der Waals surface area contributed by atoms with Crippen LogP contribution in [-0.4, -0.2) is 39.6 Å². The van der Waals surface area contributed by atoms with Crippen molar-refractivity contribution in [2.45, 2.75) is 38.6 Å². The molecule has 0 aliphatic carbocycles. The highest BCUT2D eigenvalue weighted by atomic mass is 16.5. The molecule has 3 rings (SSSR count). The first-order valence-corrected chi connectivity index (χ1v) is 7.75. The molecule has 2 aromatic heterocycles. The van der Waals surface area contributed by atoms with Crippen molar-refractivity contribution < 1.29 is 14.1 Å². The Balaban J connectivity index is 1.63. The Hall–Kier alpha value is -2.44. The fourth-order valence-corrected chi connectivity index (χ4v) is 2.90. The normalized spacial score (nSPS) is 17.5. The van der Waals surface area contributed by atoms with E-state index in [1.54, 1.807) is 18.5 Å². The Kier molecular flexibility index (Phi) is 4.55. The molecular formula is C16H20N4O3. The highest BCUT2D eigenvalue weighted by molar-refractivity contribution is 5.77. The van der Waals surface area contributed by atoms with Crippen LogP contribution < -0.4 is 4.74 Å². The highest BCUT2D eigenvalue weighted by Crippen LogP contribution is 2.31. The molecule has 1 atom stereocenters. The molecule has 0 aromatic carbocycles. The summed E-state index contributed by atoms with van der Waals surface area (Å²) in [7, 11) is 1.53. The standard InChI is InChI=1S/C16H20N4O3/c1-11-9-17-10-13(18-11)14-4-3-7-20(14)16(21)6-5-12-8-15(22-2)19-23-12/h8-10,14H,3-7H2,1-2H3/t14-/m0/s1. The number of hydrogen-bond acceptors (Lipinski definition) is 6. The Morgan fingerprint density at radius 2 is 2.35 bits per heavy atom. The lowest BCUT2D eigenvalue weighted by Crippen LogP contribution is -2.31. The second-order valence-electron chi connectivity index (χ2n) is 5.67. The van der Waals surface area contributed by atoms with Gasteiger partial charge in [0.25, 0.3) is 5.88 Å². The van der Waals surface area contributed by atoms with E-state index in [1.165, 1.54) is 7.11 Å². The third kappa shape index (κ3) is 3.49. The predicted octanol–water partition coefficient (Wildman–Crippen LogP) is 2.08. The van der Waals surface area contributed by atoms with Gasteiger partial charge in [-0.25, -0.2) is 0 Å². The minimum Gasteiger partial charge on any atom is -0.479 e. The van der Waals surface area contributed by atoms with E-state index >= 15 is 0 Å². The SMILES string of the molecule is COc1cc(CCC(=O)N2CCC[C@H]2c2cncc(C)n2)on1. The quantitative estimate of drug-likeness (QED) is 0.840. The van der Waals surface area contributed by atoms with Crippen molar-refractivity contribution in [3.05, 3.63) is 35.6 Å². The molecule has 1 aliphatic heterocycles. The van der Waals surface area contributed by atoms with Crippen LogP contribution in [0.15, 0.2) is 23.0 Å². The number of amides is 1. The van der Waals surface area contributed by atoms with E-state index in [2.05, 4.69) is 15.1 Å². The van der Waals surface area contributed by atoms with Crippen LogP contribution in [0.3, 0.4) is 0 Å². The van der Waals surface area contributed by atoms with Crippen molar-refractivity contribution in [3.8, 4) is 5.88 Å². The molecule has 122 valence electrons. The van der Waals surface area contributed by atoms with E-state index in [4.69, 9.17) is 9.26 Å². The fourth-order valence-electron chi connectivity index (χ4n) is 2.90. The topological polar surface area (TPSA) is 81.4 Å². The number of aryl methyl sites for hydroxylation is 2. The van der Waals surface area contributed by atoms with Gasteiger partial charge in [0.2, 0.25) is 5.91 Å². The number of methoxy groups -OCH3 is 1. The minimum atomic E-state index is 0.0270. The number of carbonyl (C=O) groups excluding carboxylic acids is 1. The minimum absolute atomic E-state index is 0.0270. The van der Waals surface area contributed by atoms with Gasteiger partial charge in [-0.3, -0.25) is 14.8 Å². The molecule has 1 aliphatic rings. The lowest BCUT2D eigenvalue weighted by molar-refractivity contribution is -0.132. The van der Waals surface area contributed by atoms with Gasteiger partial charge in [-0.1, -0.05) is 0 Å². The van der Waals surface area contributed by atoms with E-state index in [-0.39, 0.29) is 11.9 Å². The molecule has 0 unspecified atom stereocenters. The average molecular weight is 316 g/mol. The summed E-state index contributed by atoms with van der Waals surface area (Å²) >= 11 is 0. The molecule has 7 heteroatoms. The van der Waals surface area contributed by atoms with Crippen LogP contribution in [0.4, 0.5) is 0 Å². The smallest absolute Gasteiger partial charge is 0.254 e. The van der Waals surface area contributed by atoms with Crippen molar-refractivity contribution in [1.82, 2.24) is 20.0 Å². The van der Waals surface area contributed by atoms with Gasteiger partial charge in [-0.05, 0) is 24.9 Å². The molecule has 23 heavy (non-hydrogen) atoms. The molecule has 0 spiro atoms. The van der Waals surface area contributed by atoms with E-state index in [9.17, 15) is 4.79 Å². The molecule has 0 radical (unpaired) electrons. The fraction of sp³-hybridized carbons (Fsp3) is 0.500. The lowest BCUT2D eigenvalue weighted by atomic mass is 10.1. The third-order valence-electron chi connectivity index (χ3n) is 4.02. The van der Waals surface area contributed by atoms with Gasteiger partial charge in [0.05, 0.1) is 30.7 Å². The van der Waals surface area contributed by atoms with Crippen LogP contribution in [0.1, 0.15) is 42.5 Å². The van der Waals surface area contributed by atoms with Crippen LogP contribution in [0.5, 0.6) is 5.88 Å². The molecular weight excluding hydrogens is 296 g/mol. The molecule has 2 aromatic rings. The number of hydrogen-bond donors (Lipinski definition) is 0. The van der Waals surface area contributed by atoms with Gasteiger partial charge in [0, 0.05) is 31.6 Å². The molecule has 0 bridgehead atoms. The van der Waals surface area contributed by atoms with Crippen LogP contribution in [-0.2, 0) is 11.2 Å². The second kappa shape index (κ2) is 6.76. The monoisotopic (exact) mass is 316 g/mol. The average Bonchev–Trinajstić information content (AvgIpc) is 3.21. The number of carbonyl (C=O) groups is 1. The Labute approximate surface area is 134 Å². The summed E-state index contributed by atoms with van der Waals surface area (Å²) in [6, 6.07) is 1.74. The summed E-state index contributed by atoms with van der Waals surface area (Å²) in [4.78, 5) is 23.2. The number of rotatable bonds is 5. The molecule has 0 saturated carbocycles.